The largest absolute Gasteiger partial charge is 0.449 e. The monoisotopic (exact) mass is 419 g/mol. The molecule has 2 aromatic rings. The molecule has 1 amide bonds. The molecule has 0 atom stereocenters. The highest BCUT2D eigenvalue weighted by atomic mass is 16.5. The second-order valence-corrected chi connectivity index (χ2v) is 10.3. The Kier molecular flexibility index (Phi) is 5.92. The van der Waals surface area contributed by atoms with E-state index in [1.54, 1.807) is 0 Å². The van der Waals surface area contributed by atoms with Crippen molar-refractivity contribution in [1.29, 1.82) is 0 Å². The fraction of sp³-hybridized carbons (Fsp3) is 0.481. The molecule has 31 heavy (non-hydrogen) atoms. The van der Waals surface area contributed by atoms with Gasteiger partial charge in [-0.15, -0.1) is 0 Å². The lowest BCUT2D eigenvalue weighted by atomic mass is 9.74. The highest BCUT2D eigenvalue weighted by Gasteiger charge is 2.42. The summed E-state index contributed by atoms with van der Waals surface area (Å²) in [4.78, 5) is 26.1. The van der Waals surface area contributed by atoms with Crippen molar-refractivity contribution in [3.63, 3.8) is 0 Å². The summed E-state index contributed by atoms with van der Waals surface area (Å²) in [5.74, 6) is 0.152. The SMILES string of the molecule is CC(C)(C)CC(=O)C1(NC(=O)OCC2c3ccccc3-c3ccccc32)CCCCC1. The first-order valence-electron chi connectivity index (χ1n) is 11.5. The highest BCUT2D eigenvalue weighted by Crippen LogP contribution is 2.44. The minimum Gasteiger partial charge on any atom is -0.449 e. The van der Waals surface area contributed by atoms with Crippen molar-refractivity contribution in [3.8, 4) is 11.1 Å². The molecule has 0 saturated heterocycles. The van der Waals surface area contributed by atoms with Crippen molar-refractivity contribution >= 4 is 11.9 Å². The smallest absolute Gasteiger partial charge is 0.407 e. The van der Waals surface area contributed by atoms with Crippen molar-refractivity contribution in [3.05, 3.63) is 59.7 Å². The zero-order valence-corrected chi connectivity index (χ0v) is 18.9. The zero-order chi connectivity index (χ0) is 22.1. The molecule has 164 valence electrons. The maximum Gasteiger partial charge on any atom is 0.407 e. The van der Waals surface area contributed by atoms with Crippen LogP contribution in [0.25, 0.3) is 11.1 Å². The molecule has 2 aliphatic carbocycles. The lowest BCUT2D eigenvalue weighted by molar-refractivity contribution is -0.128. The van der Waals surface area contributed by atoms with Crippen LogP contribution in [0.1, 0.15) is 76.3 Å². The first-order valence-corrected chi connectivity index (χ1v) is 11.5. The second kappa shape index (κ2) is 8.49. The molecule has 0 bridgehead atoms. The number of hydrogen-bond donors (Lipinski definition) is 1. The number of fused-ring (bicyclic) bond motifs is 3. The normalized spacial score (nSPS) is 17.5. The molecular formula is C27H33NO3. The van der Waals surface area contributed by atoms with E-state index in [-0.39, 0.29) is 23.7 Å². The Bertz CT molecular complexity index is 921. The summed E-state index contributed by atoms with van der Waals surface area (Å²) in [5, 5.41) is 3.02. The third-order valence-electron chi connectivity index (χ3n) is 6.62. The van der Waals surface area contributed by atoms with Crippen LogP contribution in [-0.4, -0.2) is 24.0 Å². The fourth-order valence-corrected chi connectivity index (χ4v) is 5.11. The number of Topliss-reactive ketones (excluding diaryl/α,β-unsaturated/α-hetero) is 1. The Balaban J connectivity index is 1.48. The Morgan fingerprint density at radius 2 is 1.48 bits per heavy atom. The molecule has 1 N–H and O–H groups in total. The van der Waals surface area contributed by atoms with E-state index in [4.69, 9.17) is 4.74 Å². The van der Waals surface area contributed by atoms with Gasteiger partial charge in [-0.25, -0.2) is 4.79 Å². The van der Waals surface area contributed by atoms with E-state index >= 15 is 0 Å². The average Bonchev–Trinajstić information content (AvgIpc) is 3.05. The Hall–Kier alpha value is -2.62. The van der Waals surface area contributed by atoms with E-state index in [1.807, 2.05) is 24.3 Å². The first kappa shape index (κ1) is 21.6. The number of rotatable bonds is 5. The Morgan fingerprint density at radius 1 is 0.935 bits per heavy atom. The minimum absolute atomic E-state index is 0.0192. The summed E-state index contributed by atoms with van der Waals surface area (Å²) in [5.41, 5.74) is 3.89. The molecule has 4 nitrogen and oxygen atoms in total. The van der Waals surface area contributed by atoms with Gasteiger partial charge in [0, 0.05) is 12.3 Å². The van der Waals surface area contributed by atoms with Gasteiger partial charge in [0.1, 0.15) is 12.1 Å². The quantitative estimate of drug-likeness (QED) is 0.625. The van der Waals surface area contributed by atoms with Gasteiger partial charge < -0.3 is 10.1 Å². The summed E-state index contributed by atoms with van der Waals surface area (Å²) in [6.45, 7) is 6.46. The van der Waals surface area contributed by atoms with Crippen LogP contribution in [0, 0.1) is 5.41 Å². The van der Waals surface area contributed by atoms with Gasteiger partial charge in [-0.2, -0.15) is 0 Å². The highest BCUT2D eigenvalue weighted by molar-refractivity contribution is 5.92. The van der Waals surface area contributed by atoms with Gasteiger partial charge >= 0.3 is 6.09 Å². The van der Waals surface area contributed by atoms with Crippen molar-refractivity contribution in [2.45, 2.75) is 70.8 Å². The fourth-order valence-electron chi connectivity index (χ4n) is 5.11. The van der Waals surface area contributed by atoms with Crippen LogP contribution >= 0.6 is 0 Å². The molecule has 0 radical (unpaired) electrons. The van der Waals surface area contributed by atoms with E-state index in [9.17, 15) is 9.59 Å². The van der Waals surface area contributed by atoms with Gasteiger partial charge in [0.05, 0.1) is 0 Å². The number of hydrogen-bond acceptors (Lipinski definition) is 3. The van der Waals surface area contributed by atoms with Gasteiger partial charge in [0.15, 0.2) is 5.78 Å². The van der Waals surface area contributed by atoms with E-state index in [0.29, 0.717) is 19.3 Å². The Labute approximate surface area is 185 Å². The molecule has 0 aromatic heterocycles. The lowest BCUT2D eigenvalue weighted by Crippen LogP contribution is -2.56. The van der Waals surface area contributed by atoms with Crippen LogP contribution in [0.15, 0.2) is 48.5 Å². The summed E-state index contributed by atoms with van der Waals surface area (Å²) >= 11 is 0. The van der Waals surface area contributed by atoms with Crippen LogP contribution in [0.2, 0.25) is 0 Å². The third kappa shape index (κ3) is 4.53. The first-order chi connectivity index (χ1) is 14.8. The molecule has 0 aliphatic heterocycles. The number of nitrogens with one attached hydrogen (secondary N) is 1. The van der Waals surface area contributed by atoms with Gasteiger partial charge in [-0.3, -0.25) is 4.79 Å². The number of benzene rings is 2. The molecule has 0 heterocycles. The van der Waals surface area contributed by atoms with E-state index in [0.717, 1.165) is 19.3 Å². The molecule has 1 fully saturated rings. The zero-order valence-electron chi connectivity index (χ0n) is 18.9. The number of carbonyl (C=O) groups is 2. The number of carbonyl (C=O) groups excluding carboxylic acids is 2. The van der Waals surface area contributed by atoms with E-state index < -0.39 is 11.6 Å². The molecule has 1 saturated carbocycles. The van der Waals surface area contributed by atoms with Crippen LogP contribution in [0.4, 0.5) is 4.79 Å². The van der Waals surface area contributed by atoms with Crippen LogP contribution < -0.4 is 5.32 Å². The molecule has 4 rings (SSSR count). The molecular weight excluding hydrogens is 386 g/mol. The van der Waals surface area contributed by atoms with Crippen LogP contribution in [0.5, 0.6) is 0 Å². The number of ketones is 1. The van der Waals surface area contributed by atoms with E-state index in [1.165, 1.54) is 22.3 Å². The maximum atomic E-state index is 13.2. The number of ether oxygens (including phenoxy) is 1. The van der Waals surface area contributed by atoms with Gasteiger partial charge in [0.2, 0.25) is 0 Å². The molecule has 0 spiro atoms. The van der Waals surface area contributed by atoms with E-state index in [2.05, 4.69) is 50.4 Å². The standard InChI is InChI=1S/C27H33NO3/c1-26(2,3)17-24(29)27(15-9-4-10-16-27)28-25(30)31-18-23-21-13-7-5-11-19(21)20-12-6-8-14-22(20)23/h5-8,11-14,23H,4,9-10,15-18H2,1-3H3,(H,28,30). The summed E-state index contributed by atoms with van der Waals surface area (Å²) in [6.07, 6.45) is 4.40. The Morgan fingerprint density at radius 3 is 2.03 bits per heavy atom. The summed E-state index contributed by atoms with van der Waals surface area (Å²) < 4.78 is 5.75. The number of amides is 1. The average molecular weight is 420 g/mol. The molecule has 4 heteroatoms. The van der Waals surface area contributed by atoms with Crippen molar-refractivity contribution in [2.75, 3.05) is 6.61 Å². The third-order valence-corrected chi connectivity index (χ3v) is 6.62. The van der Waals surface area contributed by atoms with Gasteiger partial charge in [0.25, 0.3) is 0 Å². The van der Waals surface area contributed by atoms with Crippen LogP contribution in [-0.2, 0) is 9.53 Å². The molecule has 0 unspecified atom stereocenters. The predicted octanol–water partition coefficient (Wildman–Crippen LogP) is 6.23. The summed E-state index contributed by atoms with van der Waals surface area (Å²) in [7, 11) is 0. The van der Waals surface area contributed by atoms with Gasteiger partial charge in [-0.1, -0.05) is 88.6 Å². The van der Waals surface area contributed by atoms with Crippen molar-refractivity contribution in [2.24, 2.45) is 5.41 Å². The number of alkyl carbamates (subject to hydrolysis) is 1. The second-order valence-electron chi connectivity index (χ2n) is 10.3. The van der Waals surface area contributed by atoms with Crippen molar-refractivity contribution < 1.29 is 14.3 Å². The lowest BCUT2D eigenvalue weighted by Gasteiger charge is -2.38. The van der Waals surface area contributed by atoms with Gasteiger partial charge in [-0.05, 0) is 40.5 Å². The maximum absolute atomic E-state index is 13.2. The predicted molar refractivity (Wildman–Crippen MR) is 123 cm³/mol. The molecule has 2 aromatic carbocycles. The summed E-state index contributed by atoms with van der Waals surface area (Å²) in [6, 6.07) is 16.6. The molecule has 2 aliphatic rings. The minimum atomic E-state index is -0.784. The topological polar surface area (TPSA) is 55.4 Å². The van der Waals surface area contributed by atoms with Crippen LogP contribution in [0.3, 0.4) is 0 Å². The van der Waals surface area contributed by atoms with Crippen molar-refractivity contribution in [1.82, 2.24) is 5.32 Å².